The Balaban J connectivity index is 1.84. The van der Waals surface area contributed by atoms with Crippen molar-refractivity contribution in [2.24, 2.45) is 5.41 Å². The molecule has 0 spiro atoms. The molecule has 4 nitrogen and oxygen atoms in total. The Labute approximate surface area is 90.2 Å². The van der Waals surface area contributed by atoms with Crippen LogP contribution in [0, 0.1) is 16.7 Å². The van der Waals surface area contributed by atoms with Crippen molar-refractivity contribution in [1.82, 2.24) is 10.2 Å². The first-order chi connectivity index (χ1) is 7.24. The Hall–Kier alpha value is -1.08. The monoisotopic (exact) mass is 207 g/mol. The van der Waals surface area contributed by atoms with Gasteiger partial charge in [-0.1, -0.05) is 0 Å². The molecule has 1 saturated carbocycles. The molecule has 0 unspecified atom stereocenters. The zero-order chi connectivity index (χ0) is 10.7. The number of nitriles is 1. The largest absolute Gasteiger partial charge is 0.355 e. The van der Waals surface area contributed by atoms with E-state index in [-0.39, 0.29) is 11.3 Å². The summed E-state index contributed by atoms with van der Waals surface area (Å²) < 4.78 is 0. The molecule has 0 radical (unpaired) electrons. The number of hydrogen-bond donors (Lipinski definition) is 1. The maximum absolute atomic E-state index is 11.1. The molecule has 15 heavy (non-hydrogen) atoms. The van der Waals surface area contributed by atoms with E-state index >= 15 is 0 Å². The molecular formula is C11H17N3O. The first-order valence-electron chi connectivity index (χ1n) is 5.60. The molecule has 2 fully saturated rings. The van der Waals surface area contributed by atoms with Crippen LogP contribution in [0.3, 0.4) is 0 Å². The number of rotatable bonds is 3. The van der Waals surface area contributed by atoms with Crippen LogP contribution in [-0.2, 0) is 4.79 Å². The maximum Gasteiger partial charge on any atom is 0.221 e. The predicted molar refractivity (Wildman–Crippen MR) is 56.0 cm³/mol. The summed E-state index contributed by atoms with van der Waals surface area (Å²) in [7, 11) is 0. The van der Waals surface area contributed by atoms with Crippen LogP contribution in [0.2, 0.25) is 0 Å². The van der Waals surface area contributed by atoms with E-state index in [0.29, 0.717) is 12.8 Å². The summed E-state index contributed by atoms with van der Waals surface area (Å²) in [4.78, 5) is 13.5. The minimum absolute atomic E-state index is 0.155. The van der Waals surface area contributed by atoms with Crippen LogP contribution in [0.5, 0.6) is 0 Å². The first kappa shape index (κ1) is 10.4. The molecule has 2 rings (SSSR count). The second kappa shape index (κ2) is 4.19. The molecule has 1 aliphatic carbocycles. The van der Waals surface area contributed by atoms with Gasteiger partial charge < -0.3 is 10.2 Å². The van der Waals surface area contributed by atoms with Crippen LogP contribution < -0.4 is 5.32 Å². The molecule has 1 saturated heterocycles. The van der Waals surface area contributed by atoms with Gasteiger partial charge in [0.15, 0.2) is 0 Å². The molecule has 82 valence electrons. The summed E-state index contributed by atoms with van der Waals surface area (Å²) in [5.41, 5.74) is 0.266. The lowest BCUT2D eigenvalue weighted by Crippen LogP contribution is -2.33. The van der Waals surface area contributed by atoms with E-state index < -0.39 is 0 Å². The zero-order valence-corrected chi connectivity index (χ0v) is 8.96. The fourth-order valence-electron chi connectivity index (χ4n) is 2.18. The van der Waals surface area contributed by atoms with Crippen LogP contribution in [-0.4, -0.2) is 37.0 Å². The first-order valence-corrected chi connectivity index (χ1v) is 5.60. The van der Waals surface area contributed by atoms with Gasteiger partial charge in [0, 0.05) is 39.0 Å². The van der Waals surface area contributed by atoms with E-state index in [2.05, 4.69) is 16.3 Å². The minimum atomic E-state index is 0.155. The van der Waals surface area contributed by atoms with Gasteiger partial charge in [-0.2, -0.15) is 5.26 Å². The summed E-state index contributed by atoms with van der Waals surface area (Å²) in [5.74, 6) is 0.155. The predicted octanol–water partition coefficient (Wildman–Crippen LogP) is 0.502. The number of nitrogens with one attached hydrogen (secondary N) is 1. The molecule has 0 aromatic carbocycles. The fourth-order valence-corrected chi connectivity index (χ4v) is 2.18. The molecule has 4 heteroatoms. The van der Waals surface area contributed by atoms with Crippen molar-refractivity contribution in [3.05, 3.63) is 0 Å². The van der Waals surface area contributed by atoms with Gasteiger partial charge in [0.25, 0.3) is 0 Å². The molecule has 1 amide bonds. The van der Waals surface area contributed by atoms with E-state index in [4.69, 9.17) is 5.26 Å². The van der Waals surface area contributed by atoms with Crippen LogP contribution in [0.15, 0.2) is 0 Å². The second-order valence-electron chi connectivity index (χ2n) is 4.71. The Morgan fingerprint density at radius 3 is 2.93 bits per heavy atom. The molecular weight excluding hydrogens is 190 g/mol. The highest BCUT2D eigenvalue weighted by Gasteiger charge is 2.43. The van der Waals surface area contributed by atoms with E-state index in [9.17, 15) is 4.79 Å². The van der Waals surface area contributed by atoms with Crippen molar-refractivity contribution in [1.29, 1.82) is 5.26 Å². The van der Waals surface area contributed by atoms with Gasteiger partial charge in [-0.25, -0.2) is 0 Å². The maximum atomic E-state index is 11.1. The van der Waals surface area contributed by atoms with Gasteiger partial charge in [-0.05, 0) is 18.3 Å². The smallest absolute Gasteiger partial charge is 0.221 e. The number of carbonyl (C=O) groups is 1. The quantitative estimate of drug-likeness (QED) is 0.733. The van der Waals surface area contributed by atoms with Crippen LogP contribution >= 0.6 is 0 Å². The molecule has 0 aromatic heterocycles. The van der Waals surface area contributed by atoms with Gasteiger partial charge in [0.2, 0.25) is 5.91 Å². The zero-order valence-electron chi connectivity index (χ0n) is 8.96. The van der Waals surface area contributed by atoms with Crippen molar-refractivity contribution < 1.29 is 4.79 Å². The van der Waals surface area contributed by atoms with E-state index in [1.807, 2.05) is 0 Å². The minimum Gasteiger partial charge on any atom is -0.355 e. The van der Waals surface area contributed by atoms with E-state index in [1.54, 1.807) is 0 Å². The summed E-state index contributed by atoms with van der Waals surface area (Å²) >= 11 is 0. The summed E-state index contributed by atoms with van der Waals surface area (Å²) in [6, 6.07) is 2.28. The van der Waals surface area contributed by atoms with Crippen molar-refractivity contribution in [2.75, 3.05) is 26.2 Å². The average molecular weight is 207 g/mol. The number of amides is 1. The molecule has 0 aromatic rings. The highest BCUT2D eigenvalue weighted by molar-refractivity contribution is 5.76. The van der Waals surface area contributed by atoms with Gasteiger partial charge in [-0.3, -0.25) is 4.79 Å². The Bertz CT molecular complexity index is 291. The third-order valence-corrected chi connectivity index (χ3v) is 3.38. The highest BCUT2D eigenvalue weighted by Crippen LogP contribution is 2.49. The van der Waals surface area contributed by atoms with Gasteiger partial charge >= 0.3 is 0 Å². The summed E-state index contributed by atoms with van der Waals surface area (Å²) in [5, 5.41) is 11.6. The van der Waals surface area contributed by atoms with Crippen LogP contribution in [0.1, 0.15) is 25.7 Å². The van der Waals surface area contributed by atoms with Gasteiger partial charge in [0.1, 0.15) is 0 Å². The van der Waals surface area contributed by atoms with Crippen LogP contribution in [0.4, 0.5) is 0 Å². The van der Waals surface area contributed by atoms with Crippen LogP contribution in [0.25, 0.3) is 0 Å². The van der Waals surface area contributed by atoms with E-state index in [1.165, 1.54) is 12.8 Å². The third kappa shape index (κ3) is 2.69. The third-order valence-electron chi connectivity index (χ3n) is 3.38. The standard InChI is InChI=1S/C11H17N3O/c12-5-4-11(2-3-11)9-14-7-1-10(15)13-6-8-14/h1-4,6-9H2,(H,13,15). The SMILES string of the molecule is N#CCC1(CN2CCNC(=O)CC2)CC1. The van der Waals surface area contributed by atoms with Crippen molar-refractivity contribution in [2.45, 2.75) is 25.7 Å². The normalized spacial score (nSPS) is 25.1. The van der Waals surface area contributed by atoms with Crippen molar-refractivity contribution in [3.63, 3.8) is 0 Å². The summed E-state index contributed by atoms with van der Waals surface area (Å²) in [6.07, 6.45) is 3.63. The Morgan fingerprint density at radius 2 is 2.27 bits per heavy atom. The Morgan fingerprint density at radius 1 is 1.47 bits per heavy atom. The molecule has 0 atom stereocenters. The van der Waals surface area contributed by atoms with Crippen molar-refractivity contribution in [3.8, 4) is 6.07 Å². The number of hydrogen-bond acceptors (Lipinski definition) is 3. The molecule has 2 aliphatic rings. The van der Waals surface area contributed by atoms with Gasteiger partial charge in [-0.15, -0.1) is 0 Å². The lowest BCUT2D eigenvalue weighted by atomic mass is 10.0. The molecule has 1 aliphatic heterocycles. The Kier molecular flexibility index (Phi) is 2.92. The topological polar surface area (TPSA) is 56.1 Å². The molecule has 1 N–H and O–H groups in total. The number of nitrogens with zero attached hydrogens (tertiary/aromatic N) is 2. The average Bonchev–Trinajstić information content (AvgIpc) is 2.96. The lowest BCUT2D eigenvalue weighted by Gasteiger charge is -2.23. The molecule has 0 bridgehead atoms. The fraction of sp³-hybridized carbons (Fsp3) is 0.818. The number of carbonyl (C=O) groups excluding carboxylic acids is 1. The lowest BCUT2D eigenvalue weighted by molar-refractivity contribution is -0.120. The van der Waals surface area contributed by atoms with Crippen molar-refractivity contribution >= 4 is 5.91 Å². The second-order valence-corrected chi connectivity index (χ2v) is 4.71. The summed E-state index contributed by atoms with van der Waals surface area (Å²) in [6.45, 7) is 3.52. The molecule has 1 heterocycles. The highest BCUT2D eigenvalue weighted by atomic mass is 16.1. The van der Waals surface area contributed by atoms with E-state index in [0.717, 1.165) is 26.2 Å². The van der Waals surface area contributed by atoms with Gasteiger partial charge in [0.05, 0.1) is 6.07 Å².